The van der Waals surface area contributed by atoms with Crippen molar-refractivity contribution in [3.8, 4) is 0 Å². The molecular weight excluding hydrogens is 114 g/mol. The van der Waals surface area contributed by atoms with E-state index in [1.54, 1.807) is 0 Å². The van der Waals surface area contributed by atoms with Gasteiger partial charge in [-0.15, -0.1) is 0 Å². The second-order valence-electron chi connectivity index (χ2n) is 3.11. The van der Waals surface area contributed by atoms with Gasteiger partial charge in [0.25, 0.3) is 0 Å². The van der Waals surface area contributed by atoms with Gasteiger partial charge in [0.15, 0.2) is 0 Å². The van der Waals surface area contributed by atoms with Crippen LogP contribution in [-0.2, 0) is 4.74 Å². The maximum atomic E-state index is 5.41. The molecule has 1 N–H and O–H groups in total. The van der Waals surface area contributed by atoms with Crippen molar-refractivity contribution in [2.75, 3.05) is 6.73 Å². The van der Waals surface area contributed by atoms with Crippen molar-refractivity contribution in [1.82, 2.24) is 5.32 Å². The van der Waals surface area contributed by atoms with E-state index in [9.17, 15) is 0 Å². The molecule has 0 aromatic rings. The first-order chi connectivity index (χ1) is 4.17. The standard InChI is InChI=1S/C7H15NO/c1-4-6-7(2,3)8-5-9-6/h6,8H,4-5H2,1-3H3. The predicted octanol–water partition coefficient (Wildman–Crippen LogP) is 1.12. The van der Waals surface area contributed by atoms with Crippen molar-refractivity contribution in [3.05, 3.63) is 0 Å². The largest absolute Gasteiger partial charge is 0.361 e. The lowest BCUT2D eigenvalue weighted by Gasteiger charge is -2.23. The van der Waals surface area contributed by atoms with Crippen LogP contribution >= 0.6 is 0 Å². The fourth-order valence-corrected chi connectivity index (χ4v) is 1.28. The van der Waals surface area contributed by atoms with E-state index in [2.05, 4.69) is 26.1 Å². The second-order valence-corrected chi connectivity index (χ2v) is 3.11. The first kappa shape index (κ1) is 7.03. The van der Waals surface area contributed by atoms with Gasteiger partial charge in [0.2, 0.25) is 0 Å². The number of rotatable bonds is 1. The molecule has 1 saturated heterocycles. The van der Waals surface area contributed by atoms with E-state index in [-0.39, 0.29) is 5.54 Å². The van der Waals surface area contributed by atoms with Gasteiger partial charge in [0.05, 0.1) is 12.8 Å². The molecule has 1 aliphatic heterocycles. The molecule has 54 valence electrons. The molecular formula is C7H15NO. The smallest absolute Gasteiger partial charge is 0.0974 e. The molecule has 1 aliphatic rings. The summed E-state index contributed by atoms with van der Waals surface area (Å²) in [7, 11) is 0. The van der Waals surface area contributed by atoms with Crippen LogP contribution < -0.4 is 5.32 Å². The summed E-state index contributed by atoms with van der Waals surface area (Å²) in [5.41, 5.74) is 0.189. The highest BCUT2D eigenvalue weighted by molar-refractivity contribution is 4.89. The van der Waals surface area contributed by atoms with E-state index in [0.29, 0.717) is 12.8 Å². The molecule has 0 spiro atoms. The van der Waals surface area contributed by atoms with Crippen LogP contribution in [-0.4, -0.2) is 18.4 Å². The van der Waals surface area contributed by atoms with Gasteiger partial charge in [0.1, 0.15) is 0 Å². The third kappa shape index (κ3) is 1.25. The van der Waals surface area contributed by atoms with E-state index in [4.69, 9.17) is 4.74 Å². The van der Waals surface area contributed by atoms with Gasteiger partial charge < -0.3 is 4.74 Å². The van der Waals surface area contributed by atoms with Gasteiger partial charge in [-0.3, -0.25) is 5.32 Å². The Morgan fingerprint density at radius 1 is 1.67 bits per heavy atom. The lowest BCUT2D eigenvalue weighted by molar-refractivity contribution is 0.0847. The zero-order valence-electron chi connectivity index (χ0n) is 6.40. The third-order valence-electron chi connectivity index (χ3n) is 1.99. The van der Waals surface area contributed by atoms with Gasteiger partial charge >= 0.3 is 0 Å². The third-order valence-corrected chi connectivity index (χ3v) is 1.99. The summed E-state index contributed by atoms with van der Waals surface area (Å²) in [6.45, 7) is 7.22. The van der Waals surface area contributed by atoms with Crippen LogP contribution in [0.2, 0.25) is 0 Å². The number of nitrogens with one attached hydrogen (secondary N) is 1. The molecule has 1 unspecified atom stereocenters. The zero-order chi connectivity index (χ0) is 6.91. The van der Waals surface area contributed by atoms with E-state index in [1.807, 2.05) is 0 Å². The number of hydrogen-bond acceptors (Lipinski definition) is 2. The molecule has 1 atom stereocenters. The Bertz CT molecular complexity index is 101. The van der Waals surface area contributed by atoms with Crippen molar-refractivity contribution in [2.45, 2.75) is 38.8 Å². The Labute approximate surface area is 56.6 Å². The van der Waals surface area contributed by atoms with E-state index in [1.165, 1.54) is 0 Å². The van der Waals surface area contributed by atoms with Crippen LogP contribution in [0.5, 0.6) is 0 Å². The lowest BCUT2D eigenvalue weighted by atomic mass is 9.97. The lowest BCUT2D eigenvalue weighted by Crippen LogP contribution is -2.41. The van der Waals surface area contributed by atoms with Crippen molar-refractivity contribution in [3.63, 3.8) is 0 Å². The topological polar surface area (TPSA) is 21.3 Å². The minimum Gasteiger partial charge on any atom is -0.361 e. The highest BCUT2D eigenvalue weighted by atomic mass is 16.5. The molecule has 2 nitrogen and oxygen atoms in total. The minimum atomic E-state index is 0.189. The number of ether oxygens (including phenoxy) is 1. The summed E-state index contributed by atoms with van der Waals surface area (Å²) in [5.74, 6) is 0. The SMILES string of the molecule is CCC1OCNC1(C)C. The number of hydrogen-bond donors (Lipinski definition) is 1. The molecule has 1 heterocycles. The van der Waals surface area contributed by atoms with Crippen molar-refractivity contribution in [1.29, 1.82) is 0 Å². The summed E-state index contributed by atoms with van der Waals surface area (Å²) in [6.07, 6.45) is 1.50. The van der Waals surface area contributed by atoms with Gasteiger partial charge in [-0.25, -0.2) is 0 Å². The average molecular weight is 129 g/mol. The highest BCUT2D eigenvalue weighted by Gasteiger charge is 2.33. The molecule has 0 aromatic carbocycles. The van der Waals surface area contributed by atoms with E-state index in [0.717, 1.165) is 6.42 Å². The molecule has 0 bridgehead atoms. The molecule has 1 fully saturated rings. The Balaban J connectivity index is 2.52. The molecule has 2 heteroatoms. The monoisotopic (exact) mass is 129 g/mol. The summed E-state index contributed by atoms with van der Waals surface area (Å²) in [5, 5.41) is 3.27. The minimum absolute atomic E-state index is 0.189. The van der Waals surface area contributed by atoms with Crippen LogP contribution in [0.4, 0.5) is 0 Å². The van der Waals surface area contributed by atoms with E-state index < -0.39 is 0 Å². The first-order valence-corrected chi connectivity index (χ1v) is 3.53. The van der Waals surface area contributed by atoms with Gasteiger partial charge in [-0.05, 0) is 20.3 Å². The van der Waals surface area contributed by atoms with Crippen LogP contribution in [0.1, 0.15) is 27.2 Å². The molecule has 0 aromatic heterocycles. The average Bonchev–Trinajstić information content (AvgIpc) is 2.08. The van der Waals surface area contributed by atoms with Crippen LogP contribution in [0.3, 0.4) is 0 Å². The first-order valence-electron chi connectivity index (χ1n) is 3.53. The van der Waals surface area contributed by atoms with Gasteiger partial charge in [0, 0.05) is 5.54 Å². The highest BCUT2D eigenvalue weighted by Crippen LogP contribution is 2.20. The quantitative estimate of drug-likeness (QED) is 0.573. The predicted molar refractivity (Wildman–Crippen MR) is 37.2 cm³/mol. The fraction of sp³-hybridized carbons (Fsp3) is 1.00. The summed E-state index contributed by atoms with van der Waals surface area (Å²) in [6, 6.07) is 0. The maximum absolute atomic E-state index is 5.41. The Morgan fingerprint density at radius 3 is 2.56 bits per heavy atom. The summed E-state index contributed by atoms with van der Waals surface area (Å²) < 4.78 is 5.41. The van der Waals surface area contributed by atoms with Crippen molar-refractivity contribution >= 4 is 0 Å². The van der Waals surface area contributed by atoms with Crippen molar-refractivity contribution < 1.29 is 4.74 Å². The molecule has 1 rings (SSSR count). The van der Waals surface area contributed by atoms with Gasteiger partial charge in [-0.2, -0.15) is 0 Å². The Hall–Kier alpha value is -0.0800. The second kappa shape index (κ2) is 2.27. The Kier molecular flexibility index (Phi) is 1.78. The molecule has 0 radical (unpaired) electrons. The van der Waals surface area contributed by atoms with Crippen LogP contribution in [0.25, 0.3) is 0 Å². The molecule has 0 amide bonds. The Morgan fingerprint density at radius 2 is 2.33 bits per heavy atom. The van der Waals surface area contributed by atoms with Crippen molar-refractivity contribution in [2.24, 2.45) is 0 Å². The summed E-state index contributed by atoms with van der Waals surface area (Å²) >= 11 is 0. The van der Waals surface area contributed by atoms with Gasteiger partial charge in [-0.1, -0.05) is 6.92 Å². The van der Waals surface area contributed by atoms with Crippen LogP contribution in [0.15, 0.2) is 0 Å². The van der Waals surface area contributed by atoms with Crippen LogP contribution in [0, 0.1) is 0 Å². The molecule has 9 heavy (non-hydrogen) atoms. The molecule has 0 aliphatic carbocycles. The normalized spacial score (nSPS) is 33.0. The summed E-state index contributed by atoms with van der Waals surface area (Å²) in [4.78, 5) is 0. The zero-order valence-corrected chi connectivity index (χ0v) is 6.40. The fourth-order valence-electron chi connectivity index (χ4n) is 1.28. The van der Waals surface area contributed by atoms with E-state index >= 15 is 0 Å². The molecule has 0 saturated carbocycles. The maximum Gasteiger partial charge on any atom is 0.0974 e.